The van der Waals surface area contributed by atoms with Crippen molar-refractivity contribution in [2.75, 3.05) is 23.3 Å². The molecule has 1 atom stereocenters. The standard InChI is InChI=1S/C14H14BrN3O3/c15-9-4-8-10(17-14(21)12(8)19)5-11(9)18-3-1-2-7(6-18)13(16)20/h4-5,7H,1-3,6H2,(H2,16,20)(H,17,19,21). The third-order valence-electron chi connectivity index (χ3n) is 3.95. The molecule has 2 aliphatic rings. The first-order valence-corrected chi connectivity index (χ1v) is 7.50. The summed E-state index contributed by atoms with van der Waals surface area (Å²) in [6, 6.07) is 3.42. The zero-order chi connectivity index (χ0) is 15.1. The molecule has 7 heteroatoms. The number of anilines is 2. The van der Waals surface area contributed by atoms with E-state index in [2.05, 4.69) is 26.1 Å². The molecule has 0 aromatic heterocycles. The van der Waals surface area contributed by atoms with Gasteiger partial charge in [0.05, 0.1) is 22.9 Å². The minimum absolute atomic E-state index is 0.171. The lowest BCUT2D eigenvalue weighted by Gasteiger charge is -2.33. The van der Waals surface area contributed by atoms with Gasteiger partial charge in [-0.15, -0.1) is 0 Å². The molecule has 2 heterocycles. The van der Waals surface area contributed by atoms with Gasteiger partial charge in [0.1, 0.15) is 0 Å². The number of carbonyl (C=O) groups is 3. The molecule has 1 fully saturated rings. The molecule has 1 aromatic rings. The van der Waals surface area contributed by atoms with Gasteiger partial charge < -0.3 is 16.0 Å². The topological polar surface area (TPSA) is 92.5 Å². The number of nitrogens with one attached hydrogen (secondary N) is 1. The molecule has 6 nitrogen and oxygen atoms in total. The number of amides is 2. The average molecular weight is 352 g/mol. The first-order valence-electron chi connectivity index (χ1n) is 6.71. The summed E-state index contributed by atoms with van der Waals surface area (Å²) in [7, 11) is 0. The average Bonchev–Trinajstić information content (AvgIpc) is 2.73. The van der Waals surface area contributed by atoms with Gasteiger partial charge >= 0.3 is 0 Å². The van der Waals surface area contributed by atoms with Crippen molar-refractivity contribution in [1.82, 2.24) is 0 Å². The molecule has 0 aliphatic carbocycles. The molecule has 110 valence electrons. The van der Waals surface area contributed by atoms with E-state index >= 15 is 0 Å². The number of benzene rings is 1. The third-order valence-corrected chi connectivity index (χ3v) is 4.59. The van der Waals surface area contributed by atoms with Crippen LogP contribution in [0.2, 0.25) is 0 Å². The highest BCUT2D eigenvalue weighted by atomic mass is 79.9. The minimum atomic E-state index is -0.609. The van der Waals surface area contributed by atoms with E-state index in [-0.39, 0.29) is 11.8 Å². The largest absolute Gasteiger partial charge is 0.370 e. The van der Waals surface area contributed by atoms with Crippen molar-refractivity contribution >= 4 is 44.9 Å². The molecule has 0 bridgehead atoms. The minimum Gasteiger partial charge on any atom is -0.370 e. The Bertz CT molecular complexity index is 659. The predicted molar refractivity (Wildman–Crippen MR) is 81.2 cm³/mol. The van der Waals surface area contributed by atoms with Crippen LogP contribution in [0.3, 0.4) is 0 Å². The van der Waals surface area contributed by atoms with E-state index in [0.29, 0.717) is 17.8 Å². The lowest BCUT2D eigenvalue weighted by molar-refractivity contribution is -0.122. The summed E-state index contributed by atoms with van der Waals surface area (Å²) in [6.45, 7) is 1.36. The summed E-state index contributed by atoms with van der Waals surface area (Å²) in [6.07, 6.45) is 1.67. The lowest BCUT2D eigenvalue weighted by atomic mass is 9.97. The molecule has 0 radical (unpaired) electrons. The van der Waals surface area contributed by atoms with Crippen LogP contribution in [0.1, 0.15) is 23.2 Å². The van der Waals surface area contributed by atoms with Gasteiger partial charge in [0.25, 0.3) is 11.7 Å². The van der Waals surface area contributed by atoms with Gasteiger partial charge in [-0.05, 0) is 40.9 Å². The summed E-state index contributed by atoms with van der Waals surface area (Å²) < 4.78 is 0.733. The van der Waals surface area contributed by atoms with Gasteiger partial charge in [0, 0.05) is 17.6 Å². The number of nitrogens with two attached hydrogens (primary N) is 1. The number of rotatable bonds is 2. The summed E-state index contributed by atoms with van der Waals surface area (Å²) >= 11 is 3.44. The number of piperidine rings is 1. The van der Waals surface area contributed by atoms with Gasteiger partial charge in [-0.25, -0.2) is 0 Å². The third kappa shape index (κ3) is 2.42. The van der Waals surface area contributed by atoms with Crippen LogP contribution in [0.15, 0.2) is 16.6 Å². The molecule has 1 saturated heterocycles. The second-order valence-corrected chi connectivity index (χ2v) is 6.17. The van der Waals surface area contributed by atoms with Crippen molar-refractivity contribution in [3.05, 3.63) is 22.2 Å². The van der Waals surface area contributed by atoms with Gasteiger partial charge in [-0.3, -0.25) is 14.4 Å². The van der Waals surface area contributed by atoms with Gasteiger partial charge in [-0.1, -0.05) is 0 Å². The summed E-state index contributed by atoms with van der Waals surface area (Å²) in [5.74, 6) is -1.59. The molecule has 21 heavy (non-hydrogen) atoms. The Morgan fingerprint density at radius 3 is 2.86 bits per heavy atom. The molecule has 3 rings (SSSR count). The zero-order valence-corrected chi connectivity index (χ0v) is 12.8. The van der Waals surface area contributed by atoms with Crippen LogP contribution in [0.5, 0.6) is 0 Å². The Kier molecular flexibility index (Phi) is 3.44. The van der Waals surface area contributed by atoms with E-state index in [1.165, 1.54) is 0 Å². The number of hydrogen-bond acceptors (Lipinski definition) is 4. The molecule has 3 N–H and O–H groups in total. The Balaban J connectivity index is 1.93. The second-order valence-electron chi connectivity index (χ2n) is 5.32. The highest BCUT2D eigenvalue weighted by Gasteiger charge is 2.31. The first kappa shape index (κ1) is 14.1. The fourth-order valence-electron chi connectivity index (χ4n) is 2.83. The van der Waals surface area contributed by atoms with Crippen LogP contribution >= 0.6 is 15.9 Å². The zero-order valence-electron chi connectivity index (χ0n) is 11.2. The Hall–Kier alpha value is -1.89. The van der Waals surface area contributed by atoms with Crippen LogP contribution in [-0.4, -0.2) is 30.7 Å². The lowest BCUT2D eigenvalue weighted by Crippen LogP contribution is -2.41. The summed E-state index contributed by atoms with van der Waals surface area (Å²) in [5.41, 5.74) is 7.14. The van der Waals surface area contributed by atoms with Crippen molar-refractivity contribution in [3.8, 4) is 0 Å². The number of carbonyl (C=O) groups excluding carboxylic acids is 3. The van der Waals surface area contributed by atoms with E-state index in [4.69, 9.17) is 5.73 Å². The molecule has 2 amide bonds. The molecule has 1 unspecified atom stereocenters. The second kappa shape index (κ2) is 5.14. The monoisotopic (exact) mass is 351 g/mol. The Morgan fingerprint density at radius 1 is 1.38 bits per heavy atom. The van der Waals surface area contributed by atoms with Gasteiger partial charge in [0.15, 0.2) is 0 Å². The number of fused-ring (bicyclic) bond motifs is 1. The number of ketones is 1. The molecule has 2 aliphatic heterocycles. The van der Waals surface area contributed by atoms with Crippen molar-refractivity contribution in [3.63, 3.8) is 0 Å². The maximum atomic E-state index is 11.7. The Labute approximate surface area is 129 Å². The van der Waals surface area contributed by atoms with E-state index < -0.39 is 11.7 Å². The molecular formula is C14H14BrN3O3. The number of Topliss-reactive ketones (excluding diaryl/α,β-unsaturated/α-hetero) is 1. The maximum Gasteiger partial charge on any atom is 0.296 e. The smallest absolute Gasteiger partial charge is 0.296 e. The highest BCUT2D eigenvalue weighted by molar-refractivity contribution is 9.10. The number of primary amides is 1. The number of hydrogen-bond donors (Lipinski definition) is 2. The van der Waals surface area contributed by atoms with Crippen LogP contribution in [0.25, 0.3) is 0 Å². The number of halogens is 1. The van der Waals surface area contributed by atoms with Crippen molar-refractivity contribution < 1.29 is 14.4 Å². The van der Waals surface area contributed by atoms with Gasteiger partial charge in [-0.2, -0.15) is 0 Å². The number of nitrogens with zero attached hydrogens (tertiary/aromatic N) is 1. The van der Waals surface area contributed by atoms with Crippen molar-refractivity contribution in [2.24, 2.45) is 11.7 Å². The maximum absolute atomic E-state index is 11.7. The van der Waals surface area contributed by atoms with Crippen LogP contribution in [-0.2, 0) is 9.59 Å². The van der Waals surface area contributed by atoms with E-state index in [0.717, 1.165) is 29.5 Å². The first-order chi connectivity index (χ1) is 9.97. The SMILES string of the molecule is NC(=O)C1CCCN(c2cc3c(cc2Br)C(=O)C(=O)N3)C1. The molecular weight excluding hydrogens is 338 g/mol. The van der Waals surface area contributed by atoms with Gasteiger partial charge in [0.2, 0.25) is 5.91 Å². The van der Waals surface area contributed by atoms with Crippen LogP contribution < -0.4 is 16.0 Å². The van der Waals surface area contributed by atoms with Crippen molar-refractivity contribution in [2.45, 2.75) is 12.8 Å². The normalized spacial score (nSPS) is 21.2. The fraction of sp³-hybridized carbons (Fsp3) is 0.357. The molecule has 1 aromatic carbocycles. The van der Waals surface area contributed by atoms with Crippen LogP contribution in [0, 0.1) is 5.92 Å². The predicted octanol–water partition coefficient (Wildman–Crippen LogP) is 1.29. The van der Waals surface area contributed by atoms with E-state index in [9.17, 15) is 14.4 Å². The molecule has 0 spiro atoms. The summed E-state index contributed by atoms with van der Waals surface area (Å²) in [5, 5.41) is 2.56. The Morgan fingerprint density at radius 2 is 2.14 bits per heavy atom. The highest BCUT2D eigenvalue weighted by Crippen LogP contribution is 2.36. The van der Waals surface area contributed by atoms with Crippen LogP contribution in [0.4, 0.5) is 11.4 Å². The van der Waals surface area contributed by atoms with E-state index in [1.807, 2.05) is 0 Å². The molecule has 0 saturated carbocycles. The summed E-state index contributed by atoms with van der Waals surface area (Å²) in [4.78, 5) is 36.5. The fourth-order valence-corrected chi connectivity index (χ4v) is 3.42. The quantitative estimate of drug-likeness (QED) is 0.785. The van der Waals surface area contributed by atoms with E-state index in [1.54, 1.807) is 12.1 Å². The van der Waals surface area contributed by atoms with Crippen molar-refractivity contribution in [1.29, 1.82) is 0 Å².